The van der Waals surface area contributed by atoms with E-state index >= 15 is 0 Å². The molecular formula is C17H10Cl2OS. The van der Waals surface area contributed by atoms with Gasteiger partial charge in [0.2, 0.25) is 0 Å². The van der Waals surface area contributed by atoms with E-state index in [0.29, 0.717) is 0 Å². The first-order valence-corrected chi connectivity index (χ1v) is 8.21. The van der Waals surface area contributed by atoms with Crippen LogP contribution in [0.2, 0.25) is 5.02 Å². The van der Waals surface area contributed by atoms with Gasteiger partial charge in [-0.05, 0) is 35.2 Å². The lowest BCUT2D eigenvalue weighted by molar-refractivity contribution is 0.669. The molecule has 0 radical (unpaired) electrons. The molecule has 0 N–H and O–H groups in total. The van der Waals surface area contributed by atoms with Crippen LogP contribution in [0.1, 0.15) is 15.8 Å². The minimum Gasteiger partial charge on any atom is -0.456 e. The number of benzene rings is 2. The quantitative estimate of drug-likeness (QED) is 0.375. The highest BCUT2D eigenvalue weighted by atomic mass is 35.5. The van der Waals surface area contributed by atoms with Gasteiger partial charge in [0.25, 0.3) is 0 Å². The largest absolute Gasteiger partial charge is 0.456 e. The fourth-order valence-corrected chi connectivity index (χ4v) is 4.17. The van der Waals surface area contributed by atoms with Gasteiger partial charge in [-0.25, -0.2) is 0 Å². The van der Waals surface area contributed by atoms with Gasteiger partial charge in [0, 0.05) is 15.6 Å². The number of rotatable bonds is 2. The molecule has 0 saturated heterocycles. The van der Waals surface area contributed by atoms with Crippen LogP contribution < -0.4 is 0 Å². The molecule has 0 fully saturated rings. The monoisotopic (exact) mass is 332 g/mol. The minimum atomic E-state index is -0.240. The van der Waals surface area contributed by atoms with E-state index in [4.69, 9.17) is 27.6 Å². The predicted octanol–water partition coefficient (Wildman–Crippen LogP) is 6.63. The topological polar surface area (TPSA) is 13.1 Å². The van der Waals surface area contributed by atoms with Gasteiger partial charge in [-0.15, -0.1) is 22.9 Å². The number of hydrogen-bond acceptors (Lipinski definition) is 2. The first kappa shape index (κ1) is 13.2. The maximum absolute atomic E-state index is 6.59. The third kappa shape index (κ3) is 2.15. The maximum Gasteiger partial charge on any atom is 0.135 e. The average Bonchev–Trinajstić information content (AvgIpc) is 3.09. The van der Waals surface area contributed by atoms with E-state index in [2.05, 4.69) is 12.1 Å². The second kappa shape index (κ2) is 5.06. The van der Waals surface area contributed by atoms with E-state index < -0.39 is 0 Å². The summed E-state index contributed by atoms with van der Waals surface area (Å²) in [6.07, 6.45) is 0. The van der Waals surface area contributed by atoms with Crippen molar-refractivity contribution < 1.29 is 4.42 Å². The molecule has 21 heavy (non-hydrogen) atoms. The van der Waals surface area contributed by atoms with Crippen LogP contribution in [0.4, 0.5) is 0 Å². The van der Waals surface area contributed by atoms with E-state index in [1.807, 2.05) is 41.8 Å². The molecule has 1 nitrogen and oxygen atoms in total. The van der Waals surface area contributed by atoms with Crippen molar-refractivity contribution in [1.29, 1.82) is 0 Å². The van der Waals surface area contributed by atoms with Gasteiger partial charge in [-0.2, -0.15) is 0 Å². The summed E-state index contributed by atoms with van der Waals surface area (Å²) in [6.45, 7) is 0. The normalized spacial score (nSPS) is 13.0. The summed E-state index contributed by atoms with van der Waals surface area (Å²) in [6, 6.07) is 16.0. The highest BCUT2D eigenvalue weighted by Crippen LogP contribution is 2.39. The van der Waals surface area contributed by atoms with E-state index in [-0.39, 0.29) is 5.38 Å². The molecule has 0 aliphatic carbocycles. The number of furan rings is 1. The molecule has 1 atom stereocenters. The number of alkyl halides is 1. The predicted molar refractivity (Wildman–Crippen MR) is 90.7 cm³/mol. The molecule has 0 spiro atoms. The lowest BCUT2D eigenvalue weighted by Crippen LogP contribution is -1.90. The molecule has 4 heteroatoms. The van der Waals surface area contributed by atoms with Crippen molar-refractivity contribution in [1.82, 2.24) is 0 Å². The van der Waals surface area contributed by atoms with Crippen LogP contribution in [0.3, 0.4) is 0 Å². The van der Waals surface area contributed by atoms with Gasteiger partial charge < -0.3 is 4.42 Å². The van der Waals surface area contributed by atoms with Crippen molar-refractivity contribution in [2.45, 2.75) is 5.38 Å². The first-order valence-electron chi connectivity index (χ1n) is 6.52. The summed E-state index contributed by atoms with van der Waals surface area (Å²) >= 11 is 14.4. The third-order valence-corrected chi connectivity index (χ3v) is 5.59. The molecule has 0 bridgehead atoms. The summed E-state index contributed by atoms with van der Waals surface area (Å²) in [7, 11) is 0. The number of para-hydroxylation sites is 1. The van der Waals surface area contributed by atoms with Crippen LogP contribution in [0.15, 0.2) is 58.3 Å². The van der Waals surface area contributed by atoms with Gasteiger partial charge in [0.1, 0.15) is 11.2 Å². The summed E-state index contributed by atoms with van der Waals surface area (Å²) in [5.41, 5.74) is 2.80. The lowest BCUT2D eigenvalue weighted by atomic mass is 10.1. The van der Waals surface area contributed by atoms with E-state index in [1.165, 1.54) is 0 Å². The number of hydrogen-bond donors (Lipinski definition) is 0. The van der Waals surface area contributed by atoms with Gasteiger partial charge in [-0.3, -0.25) is 0 Å². The fraction of sp³-hybridized carbons (Fsp3) is 0.0588. The van der Waals surface area contributed by atoms with E-state index in [0.717, 1.165) is 37.4 Å². The second-order valence-electron chi connectivity index (χ2n) is 4.85. The zero-order valence-electron chi connectivity index (χ0n) is 10.8. The van der Waals surface area contributed by atoms with E-state index in [9.17, 15) is 0 Å². The minimum absolute atomic E-state index is 0.240. The average molecular weight is 333 g/mol. The SMILES string of the molecule is Clc1ccsc1C(Cl)c1ccc2oc3ccccc3c2c1. The Hall–Kier alpha value is -1.48. The molecule has 0 saturated carbocycles. The van der Waals surface area contributed by atoms with Crippen LogP contribution in [0.25, 0.3) is 21.9 Å². The van der Waals surface area contributed by atoms with Crippen LogP contribution in [0, 0.1) is 0 Å². The molecule has 2 aromatic carbocycles. The standard InChI is InChI=1S/C17H10Cl2OS/c18-13-7-8-21-17(13)16(19)10-5-6-15-12(9-10)11-3-1-2-4-14(11)20-15/h1-9,16H. The Balaban J connectivity index is 1.90. The summed E-state index contributed by atoms with van der Waals surface area (Å²) in [4.78, 5) is 0.977. The number of thiophene rings is 1. The van der Waals surface area contributed by atoms with Crippen molar-refractivity contribution >= 4 is 56.5 Å². The molecule has 4 rings (SSSR count). The van der Waals surface area contributed by atoms with Crippen LogP contribution in [-0.2, 0) is 0 Å². The smallest absolute Gasteiger partial charge is 0.135 e. The lowest BCUT2D eigenvalue weighted by Gasteiger charge is -2.08. The van der Waals surface area contributed by atoms with Crippen molar-refractivity contribution in [3.05, 3.63) is 69.4 Å². The highest BCUT2D eigenvalue weighted by Gasteiger charge is 2.17. The summed E-state index contributed by atoms with van der Waals surface area (Å²) < 4.78 is 5.84. The van der Waals surface area contributed by atoms with Crippen molar-refractivity contribution in [3.63, 3.8) is 0 Å². The fourth-order valence-electron chi connectivity index (χ4n) is 2.54. The van der Waals surface area contributed by atoms with Gasteiger partial charge in [0.05, 0.1) is 10.4 Å². The zero-order valence-corrected chi connectivity index (χ0v) is 13.2. The Bertz CT molecular complexity index is 938. The number of fused-ring (bicyclic) bond motifs is 3. The summed E-state index contributed by atoms with van der Waals surface area (Å²) in [5, 5.41) is 4.63. The van der Waals surface area contributed by atoms with Crippen molar-refractivity contribution in [2.24, 2.45) is 0 Å². The van der Waals surface area contributed by atoms with Crippen molar-refractivity contribution in [2.75, 3.05) is 0 Å². The molecule has 0 aliphatic heterocycles. The van der Waals surface area contributed by atoms with Gasteiger partial charge in [-0.1, -0.05) is 35.9 Å². The molecule has 1 unspecified atom stereocenters. The Labute approximate surface area is 135 Å². The molecule has 2 heterocycles. The maximum atomic E-state index is 6.59. The molecule has 0 amide bonds. The first-order chi connectivity index (χ1) is 10.2. The second-order valence-corrected chi connectivity index (χ2v) is 6.64. The Morgan fingerprint density at radius 2 is 1.76 bits per heavy atom. The zero-order chi connectivity index (χ0) is 14.4. The molecule has 2 aromatic heterocycles. The molecule has 4 aromatic rings. The Morgan fingerprint density at radius 3 is 2.57 bits per heavy atom. The van der Waals surface area contributed by atoms with Crippen LogP contribution in [0.5, 0.6) is 0 Å². The Morgan fingerprint density at radius 1 is 0.952 bits per heavy atom. The van der Waals surface area contributed by atoms with Crippen LogP contribution >= 0.6 is 34.5 Å². The number of halogens is 2. The van der Waals surface area contributed by atoms with E-state index in [1.54, 1.807) is 11.3 Å². The molecular weight excluding hydrogens is 323 g/mol. The highest BCUT2D eigenvalue weighted by molar-refractivity contribution is 7.11. The third-order valence-electron chi connectivity index (χ3n) is 3.57. The van der Waals surface area contributed by atoms with Gasteiger partial charge >= 0.3 is 0 Å². The molecule has 0 aliphatic rings. The Kier molecular flexibility index (Phi) is 3.18. The van der Waals surface area contributed by atoms with Crippen LogP contribution in [-0.4, -0.2) is 0 Å². The van der Waals surface area contributed by atoms with Gasteiger partial charge in [0.15, 0.2) is 0 Å². The summed E-state index contributed by atoms with van der Waals surface area (Å²) in [5.74, 6) is 0. The van der Waals surface area contributed by atoms with Crippen molar-refractivity contribution in [3.8, 4) is 0 Å². The molecule has 104 valence electrons.